The number of hydrogen-bond donors (Lipinski definition) is 1. The highest BCUT2D eigenvalue weighted by Crippen LogP contribution is 2.17. The van der Waals surface area contributed by atoms with Gasteiger partial charge in [-0.1, -0.05) is 18.2 Å². The Morgan fingerprint density at radius 1 is 1.50 bits per heavy atom. The summed E-state index contributed by atoms with van der Waals surface area (Å²) in [6.07, 6.45) is 5.22. The molecule has 16 heavy (non-hydrogen) atoms. The van der Waals surface area contributed by atoms with Crippen LogP contribution in [-0.4, -0.2) is 38.5 Å². The minimum absolute atomic E-state index is 0. The molecule has 1 saturated heterocycles. The molecule has 1 atom stereocenters. The van der Waals surface area contributed by atoms with E-state index in [0.717, 1.165) is 10.9 Å². The Morgan fingerprint density at radius 3 is 3.00 bits per heavy atom. The molecule has 1 N–H and O–H groups in total. The van der Waals surface area contributed by atoms with Gasteiger partial charge in [0, 0.05) is 18.8 Å². The van der Waals surface area contributed by atoms with E-state index in [-0.39, 0.29) is 12.4 Å². The van der Waals surface area contributed by atoms with E-state index >= 15 is 0 Å². The van der Waals surface area contributed by atoms with E-state index in [1.165, 1.54) is 32.2 Å². The second-order valence-electron chi connectivity index (χ2n) is 3.87. The maximum absolute atomic E-state index is 3.94. The third-order valence-corrected chi connectivity index (χ3v) is 3.74. The van der Waals surface area contributed by atoms with Crippen molar-refractivity contribution >= 4 is 24.2 Å². The lowest BCUT2D eigenvalue weighted by molar-refractivity contribution is 0.394. The Labute approximate surface area is 106 Å². The van der Waals surface area contributed by atoms with Crippen molar-refractivity contribution in [3.05, 3.63) is 0 Å². The van der Waals surface area contributed by atoms with Crippen LogP contribution >= 0.6 is 24.2 Å². The predicted molar refractivity (Wildman–Crippen MR) is 67.0 cm³/mol. The third kappa shape index (κ3) is 3.92. The van der Waals surface area contributed by atoms with Crippen molar-refractivity contribution in [2.24, 2.45) is 7.05 Å². The van der Waals surface area contributed by atoms with Crippen LogP contribution in [0.2, 0.25) is 0 Å². The van der Waals surface area contributed by atoms with Crippen LogP contribution in [0.3, 0.4) is 0 Å². The zero-order chi connectivity index (χ0) is 10.5. The first kappa shape index (κ1) is 13.7. The Bertz CT molecular complexity index is 300. The van der Waals surface area contributed by atoms with Gasteiger partial charge in [0.05, 0.1) is 0 Å². The van der Waals surface area contributed by atoms with E-state index in [1.807, 2.05) is 7.05 Å². The Balaban J connectivity index is 0.00000128. The molecule has 1 unspecified atom stereocenters. The fourth-order valence-electron chi connectivity index (χ4n) is 1.81. The van der Waals surface area contributed by atoms with Crippen molar-refractivity contribution in [1.29, 1.82) is 0 Å². The number of thioether (sulfide) groups is 1. The summed E-state index contributed by atoms with van der Waals surface area (Å²) in [5.74, 6) is 1.09. The molecule has 0 amide bonds. The predicted octanol–water partition coefficient (Wildman–Crippen LogP) is 1.26. The smallest absolute Gasteiger partial charge is 0.209 e. The first-order valence-corrected chi connectivity index (χ1v) is 6.43. The monoisotopic (exact) mass is 263 g/mol. The van der Waals surface area contributed by atoms with E-state index < -0.39 is 0 Å². The quantitative estimate of drug-likeness (QED) is 0.829. The van der Waals surface area contributed by atoms with Crippen molar-refractivity contribution in [2.45, 2.75) is 36.9 Å². The van der Waals surface area contributed by atoms with Gasteiger partial charge in [-0.3, -0.25) is 0 Å². The second-order valence-corrected chi connectivity index (χ2v) is 4.93. The molecule has 1 fully saturated rings. The Kier molecular flexibility index (Phi) is 6.08. The molecular formula is C9H18ClN5S. The second kappa shape index (κ2) is 7.09. The number of aromatic nitrogens is 4. The van der Waals surface area contributed by atoms with Gasteiger partial charge in [0.15, 0.2) is 0 Å². The number of aryl methyl sites for hydroxylation is 1. The third-order valence-electron chi connectivity index (χ3n) is 2.69. The molecule has 1 aliphatic heterocycles. The van der Waals surface area contributed by atoms with E-state index in [9.17, 15) is 0 Å². The maximum Gasteiger partial charge on any atom is 0.209 e. The molecular weight excluding hydrogens is 246 g/mol. The first-order chi connectivity index (χ1) is 7.36. The van der Waals surface area contributed by atoms with E-state index in [2.05, 4.69) is 20.8 Å². The SMILES string of the molecule is Cl.Cn1nnnc1SCCC1CCCCN1. The largest absolute Gasteiger partial charge is 0.314 e. The standard InChI is InChI=1S/C9H17N5S.ClH/c1-14-9(11-12-13-14)15-7-5-8-4-2-3-6-10-8;/h8,10H,2-7H2,1H3;1H. The normalized spacial score (nSPS) is 20.4. The van der Waals surface area contributed by atoms with Crippen molar-refractivity contribution < 1.29 is 0 Å². The van der Waals surface area contributed by atoms with E-state index in [4.69, 9.17) is 0 Å². The van der Waals surface area contributed by atoms with Crippen LogP contribution in [0.25, 0.3) is 0 Å². The van der Waals surface area contributed by atoms with Gasteiger partial charge in [0.2, 0.25) is 5.16 Å². The Morgan fingerprint density at radius 2 is 2.38 bits per heavy atom. The van der Waals surface area contributed by atoms with Crippen molar-refractivity contribution in [3.63, 3.8) is 0 Å². The number of nitrogens with one attached hydrogen (secondary N) is 1. The highest BCUT2D eigenvalue weighted by molar-refractivity contribution is 7.99. The number of tetrazole rings is 1. The summed E-state index contributed by atoms with van der Waals surface area (Å²) in [6, 6.07) is 0.701. The minimum Gasteiger partial charge on any atom is -0.314 e. The van der Waals surface area contributed by atoms with E-state index in [0.29, 0.717) is 6.04 Å². The molecule has 7 heteroatoms. The lowest BCUT2D eigenvalue weighted by atomic mass is 10.0. The van der Waals surface area contributed by atoms with Crippen molar-refractivity contribution in [3.8, 4) is 0 Å². The van der Waals surface area contributed by atoms with Gasteiger partial charge in [-0.05, 0) is 36.2 Å². The molecule has 2 heterocycles. The van der Waals surface area contributed by atoms with Crippen molar-refractivity contribution in [2.75, 3.05) is 12.3 Å². The molecule has 5 nitrogen and oxygen atoms in total. The number of nitrogens with zero attached hydrogens (tertiary/aromatic N) is 4. The summed E-state index contributed by atoms with van der Waals surface area (Å²) in [5, 5.41) is 15.8. The zero-order valence-corrected chi connectivity index (χ0v) is 11.1. The lowest BCUT2D eigenvalue weighted by Gasteiger charge is -2.22. The first-order valence-electron chi connectivity index (χ1n) is 5.45. The van der Waals surface area contributed by atoms with Crippen molar-refractivity contribution in [1.82, 2.24) is 25.5 Å². The van der Waals surface area contributed by atoms with Gasteiger partial charge in [-0.25, -0.2) is 4.68 Å². The summed E-state index contributed by atoms with van der Waals surface area (Å²) >= 11 is 1.73. The molecule has 0 aliphatic carbocycles. The molecule has 1 aliphatic rings. The summed E-state index contributed by atoms with van der Waals surface area (Å²) in [7, 11) is 1.88. The summed E-state index contributed by atoms with van der Waals surface area (Å²) < 4.78 is 1.72. The zero-order valence-electron chi connectivity index (χ0n) is 9.43. The highest BCUT2D eigenvalue weighted by Gasteiger charge is 2.12. The summed E-state index contributed by atoms with van der Waals surface area (Å²) in [5.41, 5.74) is 0. The van der Waals surface area contributed by atoms with Gasteiger partial charge >= 0.3 is 0 Å². The molecule has 0 spiro atoms. The van der Waals surface area contributed by atoms with Crippen LogP contribution in [0.5, 0.6) is 0 Å². The Hall–Kier alpha value is -0.330. The number of rotatable bonds is 4. The van der Waals surface area contributed by atoms with Gasteiger partial charge in [0.1, 0.15) is 0 Å². The van der Waals surface area contributed by atoms with Crippen LogP contribution in [0.15, 0.2) is 5.16 Å². The van der Waals surface area contributed by atoms with Gasteiger partial charge < -0.3 is 5.32 Å². The molecule has 0 saturated carbocycles. The lowest BCUT2D eigenvalue weighted by Crippen LogP contribution is -2.34. The fourth-order valence-corrected chi connectivity index (χ4v) is 2.71. The fraction of sp³-hybridized carbons (Fsp3) is 0.889. The molecule has 0 aromatic carbocycles. The molecule has 0 bridgehead atoms. The number of piperidine rings is 1. The van der Waals surface area contributed by atoms with Gasteiger partial charge in [0.25, 0.3) is 0 Å². The van der Waals surface area contributed by atoms with Crippen LogP contribution in [-0.2, 0) is 7.05 Å². The van der Waals surface area contributed by atoms with Gasteiger partial charge in [-0.15, -0.1) is 17.5 Å². The number of halogens is 1. The minimum atomic E-state index is 0. The average Bonchev–Trinajstić information content (AvgIpc) is 2.66. The van der Waals surface area contributed by atoms with Crippen LogP contribution in [0, 0.1) is 0 Å². The maximum atomic E-state index is 3.94. The van der Waals surface area contributed by atoms with Crippen LogP contribution in [0.4, 0.5) is 0 Å². The molecule has 0 radical (unpaired) electrons. The van der Waals surface area contributed by atoms with Crippen LogP contribution in [0.1, 0.15) is 25.7 Å². The molecule has 92 valence electrons. The topological polar surface area (TPSA) is 55.6 Å². The molecule has 1 aromatic rings. The van der Waals surface area contributed by atoms with Crippen LogP contribution < -0.4 is 5.32 Å². The summed E-state index contributed by atoms with van der Waals surface area (Å²) in [4.78, 5) is 0. The molecule has 1 aromatic heterocycles. The number of hydrogen-bond acceptors (Lipinski definition) is 5. The van der Waals surface area contributed by atoms with Gasteiger partial charge in [-0.2, -0.15) is 0 Å². The average molecular weight is 264 g/mol. The highest BCUT2D eigenvalue weighted by atomic mass is 35.5. The molecule has 2 rings (SSSR count). The summed E-state index contributed by atoms with van der Waals surface area (Å²) in [6.45, 7) is 1.18. The van der Waals surface area contributed by atoms with E-state index in [1.54, 1.807) is 16.4 Å².